The molecule has 6 nitrogen and oxygen atoms in total. The fraction of sp³-hybridized carbons (Fsp3) is 0.136. The van der Waals surface area contributed by atoms with Crippen LogP contribution in [0.4, 0.5) is 11.4 Å². The highest BCUT2D eigenvalue weighted by molar-refractivity contribution is 9.10. The summed E-state index contributed by atoms with van der Waals surface area (Å²) < 4.78 is 34.3. The first kappa shape index (κ1) is 20.4. The monoisotopic (exact) mass is 486 g/mol. The molecule has 1 N–H and O–H groups in total. The summed E-state index contributed by atoms with van der Waals surface area (Å²) in [5.74, 6) is -0.232. The zero-order valence-corrected chi connectivity index (χ0v) is 18.3. The molecule has 154 valence electrons. The molecule has 1 atom stereocenters. The van der Waals surface area contributed by atoms with Crippen molar-refractivity contribution in [3.63, 3.8) is 0 Å². The number of anilines is 2. The number of rotatable bonds is 5. The maximum atomic E-state index is 13.2. The number of sulfonamides is 1. The van der Waals surface area contributed by atoms with Crippen molar-refractivity contribution in [2.45, 2.75) is 11.9 Å². The van der Waals surface area contributed by atoms with Crippen LogP contribution in [0.15, 0.2) is 83.3 Å². The molecule has 0 bridgehead atoms. The molecule has 0 saturated carbocycles. The van der Waals surface area contributed by atoms with E-state index in [0.29, 0.717) is 22.7 Å². The Kier molecular flexibility index (Phi) is 5.78. The minimum Gasteiger partial charge on any atom is -0.476 e. The highest BCUT2D eigenvalue weighted by Gasteiger charge is 2.36. The lowest BCUT2D eigenvalue weighted by Crippen LogP contribution is -2.49. The Labute approximate surface area is 183 Å². The normalized spacial score (nSPS) is 15.8. The molecule has 0 aliphatic carbocycles. The summed E-state index contributed by atoms with van der Waals surface area (Å²) >= 11 is 3.39. The molecule has 1 aliphatic rings. The largest absolute Gasteiger partial charge is 0.476 e. The van der Waals surface area contributed by atoms with E-state index in [4.69, 9.17) is 4.74 Å². The third-order valence-electron chi connectivity index (χ3n) is 4.69. The standard InChI is InChI=1S/C22H19BrN2O4S/c23-17-10-4-5-11-18(17)24-22(26)21-14-25(19-12-6-7-13-20(19)29-21)30(27,28)15-16-8-2-1-3-9-16/h1-13,21H,14-15H2,(H,24,26). The molecule has 1 amide bonds. The van der Waals surface area contributed by atoms with Gasteiger partial charge in [-0.15, -0.1) is 0 Å². The first-order valence-electron chi connectivity index (χ1n) is 9.29. The molecule has 3 aromatic carbocycles. The molecule has 1 aliphatic heterocycles. The average Bonchev–Trinajstić information content (AvgIpc) is 2.75. The lowest BCUT2D eigenvalue weighted by atomic mass is 10.2. The van der Waals surface area contributed by atoms with Gasteiger partial charge in [-0.2, -0.15) is 0 Å². The van der Waals surface area contributed by atoms with Gasteiger partial charge in [0.25, 0.3) is 5.91 Å². The fourth-order valence-corrected chi connectivity index (χ4v) is 5.21. The van der Waals surface area contributed by atoms with E-state index in [2.05, 4.69) is 21.2 Å². The van der Waals surface area contributed by atoms with Gasteiger partial charge in [-0.1, -0.05) is 54.6 Å². The molecule has 8 heteroatoms. The smallest absolute Gasteiger partial charge is 0.267 e. The van der Waals surface area contributed by atoms with E-state index in [1.54, 1.807) is 60.7 Å². The minimum atomic E-state index is -3.73. The van der Waals surface area contributed by atoms with Crippen LogP contribution in [-0.2, 0) is 20.6 Å². The van der Waals surface area contributed by atoms with Crippen molar-refractivity contribution in [2.24, 2.45) is 0 Å². The number of amides is 1. The number of fused-ring (bicyclic) bond motifs is 1. The van der Waals surface area contributed by atoms with Crippen molar-refractivity contribution in [2.75, 3.05) is 16.2 Å². The van der Waals surface area contributed by atoms with Gasteiger partial charge in [-0.25, -0.2) is 8.42 Å². The van der Waals surface area contributed by atoms with E-state index in [1.165, 1.54) is 4.31 Å². The molecular formula is C22H19BrN2O4S. The van der Waals surface area contributed by atoms with Crippen LogP contribution in [0.3, 0.4) is 0 Å². The predicted octanol–water partition coefficient (Wildman–Crippen LogP) is 4.19. The van der Waals surface area contributed by atoms with Crippen LogP contribution in [0.1, 0.15) is 5.56 Å². The molecule has 0 fully saturated rings. The summed E-state index contributed by atoms with van der Waals surface area (Å²) in [4.78, 5) is 12.9. The van der Waals surface area contributed by atoms with E-state index in [9.17, 15) is 13.2 Å². The Morgan fingerprint density at radius 3 is 2.43 bits per heavy atom. The molecule has 0 spiro atoms. The van der Waals surface area contributed by atoms with Crippen molar-refractivity contribution in [1.82, 2.24) is 0 Å². The first-order valence-corrected chi connectivity index (χ1v) is 11.7. The SMILES string of the molecule is O=C(Nc1ccccc1Br)C1CN(S(=O)(=O)Cc2ccccc2)c2ccccc2O1. The van der Waals surface area contributed by atoms with Crippen molar-refractivity contribution < 1.29 is 17.9 Å². The van der Waals surface area contributed by atoms with Gasteiger partial charge < -0.3 is 10.1 Å². The van der Waals surface area contributed by atoms with Crippen molar-refractivity contribution in [1.29, 1.82) is 0 Å². The zero-order chi connectivity index (χ0) is 21.1. The van der Waals surface area contributed by atoms with Gasteiger partial charge >= 0.3 is 0 Å². The van der Waals surface area contributed by atoms with Crippen LogP contribution >= 0.6 is 15.9 Å². The number of ether oxygens (including phenoxy) is 1. The van der Waals surface area contributed by atoms with E-state index in [0.717, 1.165) is 4.47 Å². The van der Waals surface area contributed by atoms with Crippen LogP contribution in [0.2, 0.25) is 0 Å². The van der Waals surface area contributed by atoms with Crippen LogP contribution in [0, 0.1) is 0 Å². The van der Waals surface area contributed by atoms with E-state index < -0.39 is 22.0 Å². The minimum absolute atomic E-state index is 0.109. The number of carbonyl (C=O) groups excluding carboxylic acids is 1. The van der Waals surface area contributed by atoms with Gasteiger partial charge in [0.15, 0.2) is 6.10 Å². The van der Waals surface area contributed by atoms with Gasteiger partial charge in [0.2, 0.25) is 10.0 Å². The number of benzene rings is 3. The molecule has 3 aromatic rings. The highest BCUT2D eigenvalue weighted by atomic mass is 79.9. The van der Waals surface area contributed by atoms with E-state index >= 15 is 0 Å². The number of hydrogen-bond donors (Lipinski definition) is 1. The molecule has 30 heavy (non-hydrogen) atoms. The third-order valence-corrected chi connectivity index (χ3v) is 7.09. The summed E-state index contributed by atoms with van der Waals surface area (Å²) in [6, 6.07) is 23.0. The van der Waals surface area contributed by atoms with Gasteiger partial charge in [-0.05, 0) is 45.8 Å². The van der Waals surface area contributed by atoms with Gasteiger partial charge in [-0.3, -0.25) is 9.10 Å². The molecule has 0 radical (unpaired) electrons. The fourth-order valence-electron chi connectivity index (χ4n) is 3.24. The second kappa shape index (κ2) is 8.49. The molecular weight excluding hydrogens is 468 g/mol. The molecule has 1 heterocycles. The number of nitrogens with zero attached hydrogens (tertiary/aromatic N) is 1. The topological polar surface area (TPSA) is 75.7 Å². The number of carbonyl (C=O) groups is 1. The van der Waals surface area contributed by atoms with Gasteiger partial charge in [0.05, 0.1) is 23.7 Å². The summed E-state index contributed by atoms with van der Waals surface area (Å²) in [7, 11) is -3.73. The van der Waals surface area contributed by atoms with Crippen molar-refractivity contribution >= 4 is 43.2 Å². The summed E-state index contributed by atoms with van der Waals surface area (Å²) in [6.07, 6.45) is -0.988. The second-order valence-electron chi connectivity index (χ2n) is 6.82. The number of para-hydroxylation sites is 3. The predicted molar refractivity (Wildman–Crippen MR) is 120 cm³/mol. The lowest BCUT2D eigenvalue weighted by molar-refractivity contribution is -0.122. The Morgan fingerprint density at radius 2 is 1.67 bits per heavy atom. The van der Waals surface area contributed by atoms with Crippen LogP contribution in [-0.4, -0.2) is 27.0 Å². The summed E-state index contributed by atoms with van der Waals surface area (Å²) in [6.45, 7) is -0.109. The molecule has 0 saturated heterocycles. The van der Waals surface area contributed by atoms with Crippen molar-refractivity contribution in [3.05, 3.63) is 88.9 Å². The first-order chi connectivity index (χ1) is 14.4. The lowest BCUT2D eigenvalue weighted by Gasteiger charge is -2.34. The maximum absolute atomic E-state index is 13.2. The van der Waals surface area contributed by atoms with Gasteiger partial charge in [0.1, 0.15) is 5.75 Å². The third kappa shape index (κ3) is 4.34. The molecule has 0 aromatic heterocycles. The quantitative estimate of drug-likeness (QED) is 0.586. The van der Waals surface area contributed by atoms with Gasteiger partial charge in [0, 0.05) is 4.47 Å². The zero-order valence-electron chi connectivity index (χ0n) is 15.9. The highest BCUT2D eigenvalue weighted by Crippen LogP contribution is 2.36. The number of nitrogens with one attached hydrogen (secondary N) is 1. The number of hydrogen-bond acceptors (Lipinski definition) is 4. The van der Waals surface area contributed by atoms with Crippen LogP contribution in [0.5, 0.6) is 5.75 Å². The molecule has 1 unspecified atom stereocenters. The van der Waals surface area contributed by atoms with E-state index in [1.807, 2.05) is 18.2 Å². The Balaban J connectivity index is 1.62. The van der Waals surface area contributed by atoms with Crippen molar-refractivity contribution in [3.8, 4) is 5.75 Å². The second-order valence-corrected chi connectivity index (χ2v) is 9.56. The number of halogens is 1. The summed E-state index contributed by atoms with van der Waals surface area (Å²) in [5.41, 5.74) is 1.69. The van der Waals surface area contributed by atoms with Crippen LogP contribution < -0.4 is 14.4 Å². The Morgan fingerprint density at radius 1 is 1.00 bits per heavy atom. The molecule has 4 rings (SSSR count). The van der Waals surface area contributed by atoms with Crippen LogP contribution in [0.25, 0.3) is 0 Å². The Bertz CT molecular complexity index is 1170. The average molecular weight is 487 g/mol. The maximum Gasteiger partial charge on any atom is 0.267 e. The Hall–Kier alpha value is -2.84. The van der Waals surface area contributed by atoms with E-state index in [-0.39, 0.29) is 12.3 Å². The summed E-state index contributed by atoms with van der Waals surface area (Å²) in [5, 5.41) is 2.80.